The maximum Gasteiger partial charge on any atom is 0.257 e. The lowest BCUT2D eigenvalue weighted by molar-refractivity contribution is 0.102. The number of carbonyl (C=O) groups excluding carboxylic acids is 1. The molecule has 0 aliphatic heterocycles. The van der Waals surface area contributed by atoms with Crippen LogP contribution in [0, 0.1) is 0 Å². The standard InChI is InChI=1S/C15H16N2O2.ClH/c1-11(2)19-14-8-4-3-7-13(14)17-15(18)12-6-5-9-16-10-12;/h3-11H,1-2H3,(H,17,18);1H. The highest BCUT2D eigenvalue weighted by Gasteiger charge is 2.10. The minimum Gasteiger partial charge on any atom is -0.489 e. The number of nitrogens with one attached hydrogen (secondary N) is 1. The summed E-state index contributed by atoms with van der Waals surface area (Å²) in [5.74, 6) is 0.461. The lowest BCUT2D eigenvalue weighted by Gasteiger charge is -2.14. The Bertz CT molecular complexity index is 559. The second-order valence-corrected chi connectivity index (χ2v) is 4.36. The molecule has 0 unspecified atom stereocenters. The average molecular weight is 293 g/mol. The van der Waals surface area contributed by atoms with Gasteiger partial charge < -0.3 is 10.1 Å². The predicted octanol–water partition coefficient (Wildman–Crippen LogP) is 3.54. The first-order valence-electron chi connectivity index (χ1n) is 6.14. The van der Waals surface area contributed by atoms with Crippen molar-refractivity contribution < 1.29 is 9.53 Å². The van der Waals surface area contributed by atoms with Gasteiger partial charge in [0.05, 0.1) is 17.4 Å². The normalized spacial score (nSPS) is 9.75. The van der Waals surface area contributed by atoms with Gasteiger partial charge in [0, 0.05) is 12.4 Å². The number of aromatic nitrogens is 1. The molecule has 2 rings (SSSR count). The number of hydrogen-bond donors (Lipinski definition) is 1. The summed E-state index contributed by atoms with van der Waals surface area (Å²) in [7, 11) is 0. The highest BCUT2D eigenvalue weighted by atomic mass is 35.5. The molecule has 0 aliphatic carbocycles. The van der Waals surface area contributed by atoms with Crippen molar-refractivity contribution in [3.63, 3.8) is 0 Å². The van der Waals surface area contributed by atoms with Gasteiger partial charge >= 0.3 is 0 Å². The van der Waals surface area contributed by atoms with E-state index in [1.807, 2.05) is 38.1 Å². The van der Waals surface area contributed by atoms with E-state index in [-0.39, 0.29) is 24.4 Å². The molecule has 5 heteroatoms. The first kappa shape index (κ1) is 16.0. The van der Waals surface area contributed by atoms with Crippen molar-refractivity contribution >= 4 is 24.0 Å². The molecule has 1 aromatic heterocycles. The largest absolute Gasteiger partial charge is 0.489 e. The summed E-state index contributed by atoms with van der Waals surface area (Å²) in [5.41, 5.74) is 1.17. The van der Waals surface area contributed by atoms with Gasteiger partial charge in [-0.1, -0.05) is 12.1 Å². The SMILES string of the molecule is CC(C)Oc1ccccc1NC(=O)c1cccnc1.Cl. The van der Waals surface area contributed by atoms with Crippen molar-refractivity contribution in [2.45, 2.75) is 20.0 Å². The summed E-state index contributed by atoms with van der Waals surface area (Å²) in [6, 6.07) is 10.8. The summed E-state index contributed by atoms with van der Waals surface area (Å²) < 4.78 is 5.65. The Balaban J connectivity index is 0.00000200. The van der Waals surface area contributed by atoms with Crippen molar-refractivity contribution in [3.8, 4) is 5.75 Å². The van der Waals surface area contributed by atoms with E-state index in [1.165, 1.54) is 6.20 Å². The van der Waals surface area contributed by atoms with Gasteiger partial charge in [-0.25, -0.2) is 0 Å². The molecule has 106 valence electrons. The molecular formula is C15H17ClN2O2. The third-order valence-corrected chi connectivity index (χ3v) is 2.42. The van der Waals surface area contributed by atoms with Crippen LogP contribution in [0.25, 0.3) is 0 Å². The van der Waals surface area contributed by atoms with Gasteiger partial charge in [0.25, 0.3) is 5.91 Å². The molecule has 1 N–H and O–H groups in total. The molecule has 0 fully saturated rings. The predicted molar refractivity (Wildman–Crippen MR) is 81.6 cm³/mol. The van der Waals surface area contributed by atoms with Crippen LogP contribution in [-0.4, -0.2) is 17.0 Å². The number of halogens is 1. The van der Waals surface area contributed by atoms with Crippen LogP contribution >= 0.6 is 12.4 Å². The highest BCUT2D eigenvalue weighted by molar-refractivity contribution is 6.04. The molecule has 1 heterocycles. The Hall–Kier alpha value is -2.07. The molecule has 1 amide bonds. The van der Waals surface area contributed by atoms with E-state index in [0.717, 1.165) is 0 Å². The monoisotopic (exact) mass is 292 g/mol. The van der Waals surface area contributed by atoms with Gasteiger partial charge in [-0.05, 0) is 38.1 Å². The molecule has 1 aromatic carbocycles. The van der Waals surface area contributed by atoms with Gasteiger partial charge in [0.2, 0.25) is 0 Å². The number of para-hydroxylation sites is 2. The molecular weight excluding hydrogens is 276 g/mol. The lowest BCUT2D eigenvalue weighted by atomic mass is 10.2. The Morgan fingerprint density at radius 1 is 1.20 bits per heavy atom. The van der Waals surface area contributed by atoms with Crippen LogP contribution in [0.15, 0.2) is 48.8 Å². The smallest absolute Gasteiger partial charge is 0.257 e. The van der Waals surface area contributed by atoms with Crippen molar-refractivity contribution in [1.82, 2.24) is 4.98 Å². The average Bonchev–Trinajstić information content (AvgIpc) is 2.41. The minimum atomic E-state index is -0.201. The van der Waals surface area contributed by atoms with E-state index in [9.17, 15) is 4.79 Å². The van der Waals surface area contributed by atoms with Crippen LogP contribution in [0.1, 0.15) is 24.2 Å². The second kappa shape index (κ2) is 7.50. The quantitative estimate of drug-likeness (QED) is 0.937. The number of nitrogens with zero attached hydrogens (tertiary/aromatic N) is 1. The number of pyridine rings is 1. The molecule has 2 aromatic rings. The molecule has 20 heavy (non-hydrogen) atoms. The number of amides is 1. The van der Waals surface area contributed by atoms with Crippen LogP contribution in [0.2, 0.25) is 0 Å². The molecule has 0 saturated carbocycles. The number of carbonyl (C=O) groups is 1. The molecule has 0 aliphatic rings. The summed E-state index contributed by atoms with van der Waals surface area (Å²) in [6.07, 6.45) is 3.21. The molecule has 0 radical (unpaired) electrons. The summed E-state index contributed by atoms with van der Waals surface area (Å²) in [5, 5.41) is 2.83. The minimum absolute atomic E-state index is 0. The van der Waals surface area contributed by atoms with Gasteiger partial charge in [-0.3, -0.25) is 9.78 Å². The molecule has 4 nitrogen and oxygen atoms in total. The Kier molecular flexibility index (Phi) is 6.00. The summed E-state index contributed by atoms with van der Waals surface area (Å²) in [6.45, 7) is 3.89. The Labute approximate surface area is 124 Å². The van der Waals surface area contributed by atoms with E-state index >= 15 is 0 Å². The third kappa shape index (κ3) is 4.24. The van der Waals surface area contributed by atoms with E-state index < -0.39 is 0 Å². The van der Waals surface area contributed by atoms with E-state index in [2.05, 4.69) is 10.3 Å². The topological polar surface area (TPSA) is 51.2 Å². The van der Waals surface area contributed by atoms with Gasteiger partial charge in [-0.15, -0.1) is 12.4 Å². The first-order chi connectivity index (χ1) is 9.16. The van der Waals surface area contributed by atoms with Gasteiger partial charge in [-0.2, -0.15) is 0 Å². The van der Waals surface area contributed by atoms with Crippen LogP contribution in [0.3, 0.4) is 0 Å². The Morgan fingerprint density at radius 3 is 2.60 bits per heavy atom. The second-order valence-electron chi connectivity index (χ2n) is 4.36. The molecule has 0 spiro atoms. The number of benzene rings is 1. The zero-order valence-electron chi connectivity index (χ0n) is 11.4. The van der Waals surface area contributed by atoms with Crippen molar-refractivity contribution in [3.05, 3.63) is 54.4 Å². The van der Waals surface area contributed by atoms with Crippen LogP contribution in [0.5, 0.6) is 5.75 Å². The van der Waals surface area contributed by atoms with Gasteiger partial charge in [0.1, 0.15) is 5.75 Å². The number of ether oxygens (including phenoxy) is 1. The third-order valence-electron chi connectivity index (χ3n) is 2.42. The lowest BCUT2D eigenvalue weighted by Crippen LogP contribution is -2.14. The van der Waals surface area contributed by atoms with Crippen molar-refractivity contribution in [2.24, 2.45) is 0 Å². The fraction of sp³-hybridized carbons (Fsp3) is 0.200. The van der Waals surface area contributed by atoms with E-state index in [1.54, 1.807) is 18.3 Å². The van der Waals surface area contributed by atoms with Crippen molar-refractivity contribution in [1.29, 1.82) is 0 Å². The number of anilines is 1. The molecule has 0 saturated heterocycles. The number of hydrogen-bond acceptors (Lipinski definition) is 3. The zero-order chi connectivity index (χ0) is 13.7. The summed E-state index contributed by atoms with van der Waals surface area (Å²) >= 11 is 0. The zero-order valence-corrected chi connectivity index (χ0v) is 12.2. The van der Waals surface area contributed by atoms with Crippen LogP contribution in [0.4, 0.5) is 5.69 Å². The molecule has 0 bridgehead atoms. The maximum absolute atomic E-state index is 12.0. The highest BCUT2D eigenvalue weighted by Crippen LogP contribution is 2.25. The first-order valence-corrected chi connectivity index (χ1v) is 6.14. The Morgan fingerprint density at radius 2 is 1.95 bits per heavy atom. The number of rotatable bonds is 4. The maximum atomic E-state index is 12.0. The molecule has 0 atom stereocenters. The van der Waals surface area contributed by atoms with E-state index in [4.69, 9.17) is 4.74 Å². The fourth-order valence-electron chi connectivity index (χ4n) is 1.62. The van der Waals surface area contributed by atoms with Crippen molar-refractivity contribution in [2.75, 3.05) is 5.32 Å². The van der Waals surface area contributed by atoms with Crippen LogP contribution in [-0.2, 0) is 0 Å². The van der Waals surface area contributed by atoms with E-state index in [0.29, 0.717) is 17.0 Å². The fourth-order valence-corrected chi connectivity index (χ4v) is 1.62. The van der Waals surface area contributed by atoms with Gasteiger partial charge in [0.15, 0.2) is 0 Å². The van der Waals surface area contributed by atoms with Crippen LogP contribution < -0.4 is 10.1 Å². The summed E-state index contributed by atoms with van der Waals surface area (Å²) in [4.78, 5) is 16.0.